The molecular weight excluding hydrogens is 276 g/mol. The van der Waals surface area contributed by atoms with Gasteiger partial charge in [-0.1, -0.05) is 0 Å². The molecule has 22 heavy (non-hydrogen) atoms. The number of pyridine rings is 2. The van der Waals surface area contributed by atoms with Gasteiger partial charge >= 0.3 is 0 Å². The topological polar surface area (TPSA) is 80.9 Å². The van der Waals surface area contributed by atoms with Crippen LogP contribution in [0.25, 0.3) is 10.8 Å². The summed E-state index contributed by atoms with van der Waals surface area (Å²) in [5, 5.41) is 4.43. The molecule has 1 aromatic carbocycles. The molecule has 5 nitrogen and oxygen atoms in total. The lowest BCUT2D eigenvalue weighted by Crippen LogP contribution is -2.14. The highest BCUT2D eigenvalue weighted by Gasteiger charge is 2.13. The van der Waals surface area contributed by atoms with Crippen molar-refractivity contribution in [3.05, 3.63) is 59.7 Å². The van der Waals surface area contributed by atoms with Crippen molar-refractivity contribution in [1.82, 2.24) is 9.97 Å². The number of aryl methyl sites for hydroxylation is 2. The third-order valence-electron chi connectivity index (χ3n) is 3.43. The van der Waals surface area contributed by atoms with Crippen molar-refractivity contribution >= 4 is 28.1 Å². The average molecular weight is 292 g/mol. The summed E-state index contributed by atoms with van der Waals surface area (Å²) in [6, 6.07) is 9.18. The summed E-state index contributed by atoms with van der Waals surface area (Å²) in [6.07, 6.45) is 3.25. The number of anilines is 2. The van der Waals surface area contributed by atoms with Crippen LogP contribution in [0.4, 0.5) is 11.4 Å². The summed E-state index contributed by atoms with van der Waals surface area (Å²) in [5.41, 5.74) is 9.56. The molecule has 0 radical (unpaired) electrons. The third-order valence-corrected chi connectivity index (χ3v) is 3.43. The van der Waals surface area contributed by atoms with Crippen LogP contribution in [0, 0.1) is 13.8 Å². The number of benzene rings is 1. The first-order valence-electron chi connectivity index (χ1n) is 6.93. The highest BCUT2D eigenvalue weighted by atomic mass is 16.1. The summed E-state index contributed by atoms with van der Waals surface area (Å²) in [6.45, 7) is 3.81. The molecule has 3 aromatic rings. The molecule has 0 aliphatic carbocycles. The Kier molecular flexibility index (Phi) is 3.47. The van der Waals surface area contributed by atoms with Crippen LogP contribution in [0.5, 0.6) is 0 Å². The molecule has 3 N–H and O–H groups in total. The number of nitrogens with two attached hydrogens (primary N) is 1. The van der Waals surface area contributed by atoms with Crippen LogP contribution in [-0.4, -0.2) is 15.9 Å². The largest absolute Gasteiger partial charge is 0.398 e. The maximum Gasteiger partial charge on any atom is 0.274 e. The average Bonchev–Trinajstić information content (AvgIpc) is 2.46. The lowest BCUT2D eigenvalue weighted by molar-refractivity contribution is 0.102. The summed E-state index contributed by atoms with van der Waals surface area (Å²) < 4.78 is 0. The van der Waals surface area contributed by atoms with Crippen LogP contribution >= 0.6 is 0 Å². The second kappa shape index (κ2) is 5.44. The van der Waals surface area contributed by atoms with Gasteiger partial charge in [-0.3, -0.25) is 14.8 Å². The van der Waals surface area contributed by atoms with E-state index in [0.29, 0.717) is 17.1 Å². The van der Waals surface area contributed by atoms with Crippen molar-refractivity contribution in [2.75, 3.05) is 11.1 Å². The number of carbonyl (C=O) groups is 1. The van der Waals surface area contributed by atoms with Crippen molar-refractivity contribution in [2.45, 2.75) is 13.8 Å². The van der Waals surface area contributed by atoms with Crippen molar-refractivity contribution in [2.24, 2.45) is 0 Å². The molecule has 0 spiro atoms. The van der Waals surface area contributed by atoms with E-state index in [4.69, 9.17) is 5.73 Å². The minimum absolute atomic E-state index is 0.263. The van der Waals surface area contributed by atoms with E-state index >= 15 is 0 Å². The van der Waals surface area contributed by atoms with Crippen LogP contribution in [0.1, 0.15) is 21.7 Å². The molecule has 0 saturated heterocycles. The Labute approximate surface area is 128 Å². The molecule has 110 valence electrons. The van der Waals surface area contributed by atoms with Gasteiger partial charge in [0.25, 0.3) is 5.91 Å². The Morgan fingerprint density at radius 2 is 1.82 bits per heavy atom. The molecule has 0 aliphatic rings. The number of amides is 1. The highest BCUT2D eigenvalue weighted by molar-refractivity contribution is 6.13. The molecule has 0 saturated carbocycles. The van der Waals surface area contributed by atoms with E-state index in [1.165, 1.54) is 0 Å². The van der Waals surface area contributed by atoms with E-state index in [2.05, 4.69) is 15.3 Å². The zero-order chi connectivity index (χ0) is 15.7. The molecule has 2 aromatic heterocycles. The Morgan fingerprint density at radius 3 is 2.59 bits per heavy atom. The van der Waals surface area contributed by atoms with Gasteiger partial charge in [-0.25, -0.2) is 0 Å². The molecular formula is C17H16N4O. The Morgan fingerprint density at radius 1 is 1.05 bits per heavy atom. The molecule has 3 rings (SSSR count). The zero-order valence-corrected chi connectivity index (χ0v) is 12.4. The van der Waals surface area contributed by atoms with Crippen molar-refractivity contribution in [3.8, 4) is 0 Å². The second-order valence-electron chi connectivity index (χ2n) is 5.25. The van der Waals surface area contributed by atoms with E-state index in [0.717, 1.165) is 22.0 Å². The molecule has 0 bridgehead atoms. The van der Waals surface area contributed by atoms with E-state index < -0.39 is 0 Å². The molecule has 0 unspecified atom stereocenters. The lowest BCUT2D eigenvalue weighted by Gasteiger charge is -2.10. The van der Waals surface area contributed by atoms with Gasteiger partial charge in [0, 0.05) is 40.2 Å². The van der Waals surface area contributed by atoms with Gasteiger partial charge in [-0.05, 0) is 49.7 Å². The summed E-state index contributed by atoms with van der Waals surface area (Å²) in [5.74, 6) is -0.263. The van der Waals surface area contributed by atoms with E-state index in [-0.39, 0.29) is 5.91 Å². The van der Waals surface area contributed by atoms with Gasteiger partial charge in [0.1, 0.15) is 5.69 Å². The quantitative estimate of drug-likeness (QED) is 0.711. The van der Waals surface area contributed by atoms with Gasteiger partial charge in [0.05, 0.1) is 0 Å². The summed E-state index contributed by atoms with van der Waals surface area (Å²) >= 11 is 0. The smallest absolute Gasteiger partial charge is 0.274 e. The van der Waals surface area contributed by atoms with Gasteiger partial charge in [0.2, 0.25) is 0 Å². The fourth-order valence-electron chi connectivity index (χ4n) is 2.46. The third kappa shape index (κ3) is 2.61. The molecule has 5 heteroatoms. The maximum atomic E-state index is 12.5. The summed E-state index contributed by atoms with van der Waals surface area (Å²) in [4.78, 5) is 20.9. The van der Waals surface area contributed by atoms with Gasteiger partial charge in [-0.2, -0.15) is 0 Å². The van der Waals surface area contributed by atoms with Crippen molar-refractivity contribution in [3.63, 3.8) is 0 Å². The predicted molar refractivity (Wildman–Crippen MR) is 87.8 cm³/mol. The van der Waals surface area contributed by atoms with E-state index in [9.17, 15) is 4.79 Å². The first-order chi connectivity index (χ1) is 10.5. The predicted octanol–water partition coefficient (Wildman–Crippen LogP) is 3.08. The number of hydrogen-bond acceptors (Lipinski definition) is 4. The molecule has 0 fully saturated rings. The number of aromatic nitrogens is 2. The van der Waals surface area contributed by atoms with Crippen LogP contribution in [0.2, 0.25) is 0 Å². The highest BCUT2D eigenvalue weighted by Crippen LogP contribution is 2.25. The summed E-state index contributed by atoms with van der Waals surface area (Å²) in [7, 11) is 0. The van der Waals surface area contributed by atoms with E-state index in [1.54, 1.807) is 18.5 Å². The van der Waals surface area contributed by atoms with Gasteiger partial charge in [-0.15, -0.1) is 0 Å². The number of nitrogens with one attached hydrogen (secondary N) is 1. The fourth-order valence-corrected chi connectivity index (χ4v) is 2.46. The lowest BCUT2D eigenvalue weighted by atomic mass is 10.0. The minimum atomic E-state index is -0.263. The maximum absolute atomic E-state index is 12.5. The Hall–Kier alpha value is -2.95. The van der Waals surface area contributed by atoms with Crippen LogP contribution in [0.15, 0.2) is 42.7 Å². The standard InChI is InChI=1S/C17H16N4O/c1-10-7-14-13(15(18)8-10)4-6-20-16(14)17(22)21-12-3-5-19-11(2)9-12/h3-9H,18H2,1-2H3,(H,19,21,22). The zero-order valence-electron chi connectivity index (χ0n) is 12.4. The molecule has 1 amide bonds. The molecule has 0 atom stereocenters. The SMILES string of the molecule is Cc1cc(N)c2ccnc(C(=O)Nc3ccnc(C)c3)c2c1. The van der Waals surface area contributed by atoms with Crippen LogP contribution in [-0.2, 0) is 0 Å². The number of carbonyl (C=O) groups excluding carboxylic acids is 1. The van der Waals surface area contributed by atoms with Crippen LogP contribution < -0.4 is 11.1 Å². The Bertz CT molecular complexity index is 874. The Balaban J connectivity index is 2.04. The monoisotopic (exact) mass is 292 g/mol. The first kappa shape index (κ1) is 14.0. The van der Waals surface area contributed by atoms with Crippen molar-refractivity contribution < 1.29 is 4.79 Å². The second-order valence-corrected chi connectivity index (χ2v) is 5.25. The number of hydrogen-bond donors (Lipinski definition) is 2. The molecule has 0 aliphatic heterocycles. The number of fused-ring (bicyclic) bond motifs is 1. The first-order valence-corrected chi connectivity index (χ1v) is 6.93. The minimum Gasteiger partial charge on any atom is -0.398 e. The van der Waals surface area contributed by atoms with Gasteiger partial charge < -0.3 is 11.1 Å². The van der Waals surface area contributed by atoms with Gasteiger partial charge in [0.15, 0.2) is 0 Å². The number of nitrogen functional groups attached to an aromatic ring is 1. The van der Waals surface area contributed by atoms with Crippen LogP contribution in [0.3, 0.4) is 0 Å². The normalized spacial score (nSPS) is 10.6. The van der Waals surface area contributed by atoms with Crippen molar-refractivity contribution in [1.29, 1.82) is 0 Å². The molecule has 2 heterocycles. The number of nitrogens with zero attached hydrogens (tertiary/aromatic N) is 2. The fraction of sp³-hybridized carbons (Fsp3) is 0.118. The number of rotatable bonds is 2. The van der Waals surface area contributed by atoms with E-state index in [1.807, 2.05) is 38.1 Å².